The van der Waals surface area contributed by atoms with Crippen molar-refractivity contribution in [3.8, 4) is 0 Å². The van der Waals surface area contributed by atoms with E-state index >= 15 is 0 Å². The number of carbonyl (C=O) groups excluding carboxylic acids is 1. The molecule has 0 bridgehead atoms. The summed E-state index contributed by atoms with van der Waals surface area (Å²) in [7, 11) is -3.85. The molecule has 0 radical (unpaired) electrons. The van der Waals surface area contributed by atoms with Crippen molar-refractivity contribution in [2.45, 2.75) is 31.2 Å². The smallest absolute Gasteiger partial charge is 0.242 e. The van der Waals surface area contributed by atoms with E-state index in [-0.39, 0.29) is 11.3 Å². The Morgan fingerprint density at radius 2 is 1.52 bits per heavy atom. The fraction of sp³-hybridized carbons (Fsp3) is 0.174. The molecular weight excluding hydrogens is 384 g/mol. The van der Waals surface area contributed by atoms with Gasteiger partial charge < -0.3 is 5.32 Å². The zero-order valence-corrected chi connectivity index (χ0v) is 17.2. The lowest BCUT2D eigenvalue weighted by Gasteiger charge is -2.20. The predicted octanol–water partition coefficient (Wildman–Crippen LogP) is 3.83. The average molecular weight is 409 g/mol. The molecule has 0 saturated carbocycles. The van der Waals surface area contributed by atoms with Crippen LogP contribution in [0.4, 0.5) is 5.69 Å². The standard InChI is InChI=1S/C23H24N2O3S/c1-17-13-14-18(2)21(15-17)24-23(26)22(16-19-9-5-3-6-10-19)25-29(27,28)20-11-7-4-8-12-20/h3-15,22,25H,16H2,1-2H3,(H,24,26)/t22-/m1/s1. The number of sulfonamides is 1. The Balaban J connectivity index is 1.88. The maximum atomic E-state index is 13.1. The predicted molar refractivity (Wildman–Crippen MR) is 115 cm³/mol. The second-order valence-corrected chi connectivity index (χ2v) is 8.70. The van der Waals surface area contributed by atoms with Crippen LogP contribution in [0.1, 0.15) is 16.7 Å². The molecule has 0 fully saturated rings. The molecule has 0 unspecified atom stereocenters. The van der Waals surface area contributed by atoms with Gasteiger partial charge in [-0.25, -0.2) is 8.42 Å². The molecule has 1 amide bonds. The van der Waals surface area contributed by atoms with Gasteiger partial charge >= 0.3 is 0 Å². The van der Waals surface area contributed by atoms with Crippen LogP contribution in [0.25, 0.3) is 0 Å². The first-order valence-electron chi connectivity index (χ1n) is 9.34. The van der Waals surface area contributed by atoms with Crippen molar-refractivity contribution in [1.82, 2.24) is 4.72 Å². The molecule has 150 valence electrons. The highest BCUT2D eigenvalue weighted by Crippen LogP contribution is 2.18. The van der Waals surface area contributed by atoms with Gasteiger partial charge in [0.25, 0.3) is 0 Å². The van der Waals surface area contributed by atoms with Gasteiger partial charge in [-0.05, 0) is 55.2 Å². The first-order chi connectivity index (χ1) is 13.8. The lowest BCUT2D eigenvalue weighted by molar-refractivity contribution is -0.117. The lowest BCUT2D eigenvalue weighted by Crippen LogP contribution is -2.45. The van der Waals surface area contributed by atoms with Crippen molar-refractivity contribution >= 4 is 21.6 Å². The van der Waals surface area contributed by atoms with Gasteiger partial charge in [0.05, 0.1) is 4.90 Å². The summed E-state index contributed by atoms with van der Waals surface area (Å²) in [5, 5.41) is 2.88. The van der Waals surface area contributed by atoms with E-state index in [9.17, 15) is 13.2 Å². The quantitative estimate of drug-likeness (QED) is 0.624. The van der Waals surface area contributed by atoms with Crippen LogP contribution < -0.4 is 10.0 Å². The van der Waals surface area contributed by atoms with Crippen LogP contribution in [-0.4, -0.2) is 20.4 Å². The third kappa shape index (κ3) is 5.53. The van der Waals surface area contributed by atoms with Crippen LogP contribution in [0.3, 0.4) is 0 Å². The summed E-state index contributed by atoms with van der Waals surface area (Å²) in [6.07, 6.45) is 0.240. The van der Waals surface area contributed by atoms with Crippen molar-refractivity contribution in [3.63, 3.8) is 0 Å². The van der Waals surface area contributed by atoms with E-state index in [1.807, 2.05) is 62.4 Å². The molecule has 0 spiro atoms. The van der Waals surface area contributed by atoms with E-state index in [2.05, 4.69) is 10.0 Å². The van der Waals surface area contributed by atoms with Gasteiger partial charge in [0.1, 0.15) is 6.04 Å². The van der Waals surface area contributed by atoms with Crippen LogP contribution in [0, 0.1) is 13.8 Å². The number of nitrogens with one attached hydrogen (secondary N) is 2. The van der Waals surface area contributed by atoms with Gasteiger partial charge in [-0.15, -0.1) is 0 Å². The monoisotopic (exact) mass is 408 g/mol. The van der Waals surface area contributed by atoms with Crippen LogP contribution in [0.5, 0.6) is 0 Å². The number of carbonyl (C=O) groups is 1. The first kappa shape index (κ1) is 20.8. The maximum Gasteiger partial charge on any atom is 0.242 e. The number of rotatable bonds is 7. The number of aryl methyl sites for hydroxylation is 2. The topological polar surface area (TPSA) is 75.3 Å². The van der Waals surface area contributed by atoms with E-state index < -0.39 is 22.0 Å². The van der Waals surface area contributed by atoms with Crippen LogP contribution in [0.15, 0.2) is 83.8 Å². The van der Waals surface area contributed by atoms with Gasteiger partial charge in [-0.1, -0.05) is 60.7 Å². The molecule has 0 aliphatic heterocycles. The van der Waals surface area contributed by atoms with Crippen molar-refractivity contribution in [2.75, 3.05) is 5.32 Å². The molecule has 6 heteroatoms. The molecule has 0 aromatic heterocycles. The number of anilines is 1. The third-order valence-electron chi connectivity index (χ3n) is 4.60. The molecule has 29 heavy (non-hydrogen) atoms. The first-order valence-corrected chi connectivity index (χ1v) is 10.8. The van der Waals surface area contributed by atoms with Crippen molar-refractivity contribution in [1.29, 1.82) is 0 Å². The number of benzene rings is 3. The molecule has 3 aromatic rings. The molecule has 3 rings (SSSR count). The summed E-state index contributed by atoms with van der Waals surface area (Å²) in [6, 6.07) is 22.2. The van der Waals surface area contributed by atoms with Crippen molar-refractivity contribution in [3.05, 3.63) is 95.6 Å². The minimum atomic E-state index is -3.85. The van der Waals surface area contributed by atoms with E-state index in [0.717, 1.165) is 16.7 Å². The van der Waals surface area contributed by atoms with Crippen LogP contribution >= 0.6 is 0 Å². The maximum absolute atomic E-state index is 13.1. The highest BCUT2D eigenvalue weighted by Gasteiger charge is 2.26. The molecule has 0 aliphatic rings. The Morgan fingerprint density at radius 3 is 2.17 bits per heavy atom. The zero-order valence-electron chi connectivity index (χ0n) is 16.4. The average Bonchev–Trinajstić information content (AvgIpc) is 2.71. The molecule has 0 saturated heterocycles. The van der Waals surface area contributed by atoms with Crippen molar-refractivity contribution in [2.24, 2.45) is 0 Å². The summed E-state index contributed by atoms with van der Waals surface area (Å²) < 4.78 is 28.2. The van der Waals surface area contributed by atoms with Gasteiger partial charge in [0, 0.05) is 5.69 Å². The number of hydrogen-bond donors (Lipinski definition) is 2. The highest BCUT2D eigenvalue weighted by atomic mass is 32.2. The second kappa shape index (κ2) is 9.03. The molecule has 2 N–H and O–H groups in total. The normalized spacial score (nSPS) is 12.3. The Bertz CT molecular complexity index is 1080. The van der Waals surface area contributed by atoms with E-state index in [1.165, 1.54) is 12.1 Å². The largest absolute Gasteiger partial charge is 0.324 e. The molecule has 1 atom stereocenters. The minimum absolute atomic E-state index is 0.123. The fourth-order valence-corrected chi connectivity index (χ4v) is 4.20. The van der Waals surface area contributed by atoms with E-state index in [4.69, 9.17) is 0 Å². The molecular formula is C23H24N2O3S. The SMILES string of the molecule is Cc1ccc(C)c(NC(=O)[C@@H](Cc2ccccc2)NS(=O)(=O)c2ccccc2)c1. The highest BCUT2D eigenvalue weighted by molar-refractivity contribution is 7.89. The molecule has 0 aliphatic carbocycles. The Labute approximate surface area is 171 Å². The van der Waals surface area contributed by atoms with Gasteiger partial charge in [0.2, 0.25) is 15.9 Å². The number of hydrogen-bond acceptors (Lipinski definition) is 3. The number of amides is 1. The minimum Gasteiger partial charge on any atom is -0.324 e. The van der Waals surface area contributed by atoms with Crippen molar-refractivity contribution < 1.29 is 13.2 Å². The molecule has 0 heterocycles. The van der Waals surface area contributed by atoms with Gasteiger partial charge in [0.15, 0.2) is 0 Å². The summed E-state index contributed by atoms with van der Waals surface area (Å²) in [5.41, 5.74) is 3.46. The summed E-state index contributed by atoms with van der Waals surface area (Å²) >= 11 is 0. The molecule has 5 nitrogen and oxygen atoms in total. The summed E-state index contributed by atoms with van der Waals surface area (Å²) in [4.78, 5) is 13.2. The molecule has 3 aromatic carbocycles. The van der Waals surface area contributed by atoms with Crippen LogP contribution in [0.2, 0.25) is 0 Å². The van der Waals surface area contributed by atoms with Crippen LogP contribution in [-0.2, 0) is 21.2 Å². The zero-order chi connectivity index (χ0) is 20.9. The van der Waals surface area contributed by atoms with E-state index in [1.54, 1.807) is 18.2 Å². The second-order valence-electron chi connectivity index (χ2n) is 6.98. The van der Waals surface area contributed by atoms with Gasteiger partial charge in [-0.3, -0.25) is 4.79 Å². The lowest BCUT2D eigenvalue weighted by atomic mass is 10.1. The third-order valence-corrected chi connectivity index (χ3v) is 6.09. The Hall–Kier alpha value is -2.96. The Kier molecular flexibility index (Phi) is 6.46. The summed E-state index contributed by atoms with van der Waals surface area (Å²) in [5.74, 6) is -0.401. The fourth-order valence-electron chi connectivity index (χ4n) is 2.98. The van der Waals surface area contributed by atoms with E-state index in [0.29, 0.717) is 5.69 Å². The summed E-state index contributed by atoms with van der Waals surface area (Å²) in [6.45, 7) is 3.84. The van der Waals surface area contributed by atoms with Gasteiger partial charge in [-0.2, -0.15) is 4.72 Å². The Morgan fingerprint density at radius 1 is 0.897 bits per heavy atom.